The van der Waals surface area contributed by atoms with Crippen LogP contribution in [0.15, 0.2) is 49.1 Å². The first-order chi connectivity index (χ1) is 14.6. The van der Waals surface area contributed by atoms with Gasteiger partial charge >= 0.3 is 0 Å². The van der Waals surface area contributed by atoms with Crippen molar-refractivity contribution in [1.29, 1.82) is 21.3 Å². The zero-order valence-corrected chi connectivity index (χ0v) is 17.6. The van der Waals surface area contributed by atoms with Crippen molar-refractivity contribution in [3.8, 4) is 12.4 Å². The number of nitrogens with one attached hydrogen (secondary N) is 4. The van der Waals surface area contributed by atoms with Gasteiger partial charge < -0.3 is 10.6 Å². The van der Waals surface area contributed by atoms with Gasteiger partial charge in [-0.2, -0.15) is 10.5 Å². The first-order valence-electron chi connectivity index (χ1n) is 8.74. The van der Waals surface area contributed by atoms with Crippen LogP contribution in [-0.2, 0) is 0 Å². The molecule has 0 bridgehead atoms. The van der Waals surface area contributed by atoms with E-state index in [-0.39, 0.29) is 11.9 Å². The highest BCUT2D eigenvalue weighted by Gasteiger charge is 2.11. The van der Waals surface area contributed by atoms with Crippen LogP contribution in [0.5, 0.6) is 0 Å². The number of rotatable bonds is 9. The molecule has 0 saturated carbocycles. The molecule has 0 aliphatic carbocycles. The Morgan fingerprint density at radius 1 is 0.867 bits per heavy atom. The quantitative estimate of drug-likeness (QED) is 0.114. The standard InChI is InChI=1S/C18H20N10S2/c19-13-27(17(21)25-15-3-1-5-23-11-15)7-9-29-30-10-8-28(14-20)18(22)26-16-4-2-6-24-12-16/h1-6,11-12H,7-10H2,(H2,21,25)(H2,22,26). The molecule has 2 aromatic rings. The Kier molecular flexibility index (Phi) is 9.79. The van der Waals surface area contributed by atoms with E-state index in [0.717, 1.165) is 0 Å². The highest BCUT2D eigenvalue weighted by atomic mass is 33.1. The Labute approximate surface area is 182 Å². The summed E-state index contributed by atoms with van der Waals surface area (Å²) >= 11 is 0. The second kappa shape index (κ2) is 12.9. The predicted octanol–water partition coefficient (Wildman–Crippen LogP) is 2.82. The number of aromatic nitrogens is 2. The van der Waals surface area contributed by atoms with Gasteiger partial charge in [0.15, 0.2) is 12.4 Å². The van der Waals surface area contributed by atoms with E-state index in [4.69, 9.17) is 10.8 Å². The first kappa shape index (κ1) is 22.8. The number of nitriles is 2. The van der Waals surface area contributed by atoms with Crippen molar-refractivity contribution in [1.82, 2.24) is 19.8 Å². The zero-order chi connectivity index (χ0) is 21.6. The molecule has 10 nitrogen and oxygen atoms in total. The van der Waals surface area contributed by atoms with Gasteiger partial charge in [0, 0.05) is 37.0 Å². The van der Waals surface area contributed by atoms with Crippen LogP contribution < -0.4 is 10.6 Å². The van der Waals surface area contributed by atoms with Crippen LogP contribution in [0.3, 0.4) is 0 Å². The van der Waals surface area contributed by atoms with E-state index in [2.05, 4.69) is 20.6 Å². The number of hydrogen-bond donors (Lipinski definition) is 4. The van der Waals surface area contributed by atoms with Crippen LogP contribution in [0.1, 0.15) is 0 Å². The first-order valence-corrected chi connectivity index (χ1v) is 11.2. The maximum Gasteiger partial charge on any atom is 0.209 e. The summed E-state index contributed by atoms with van der Waals surface area (Å²) in [7, 11) is 3.08. The van der Waals surface area contributed by atoms with E-state index in [1.54, 1.807) is 49.1 Å². The molecule has 0 unspecified atom stereocenters. The van der Waals surface area contributed by atoms with Gasteiger partial charge in [-0.3, -0.25) is 20.8 Å². The largest absolute Gasteiger partial charge is 0.324 e. The van der Waals surface area contributed by atoms with Gasteiger partial charge in [-0.1, -0.05) is 21.6 Å². The molecule has 4 N–H and O–H groups in total. The minimum Gasteiger partial charge on any atom is -0.324 e. The lowest BCUT2D eigenvalue weighted by molar-refractivity contribution is 0.608. The lowest BCUT2D eigenvalue weighted by Gasteiger charge is -2.18. The predicted molar refractivity (Wildman–Crippen MR) is 121 cm³/mol. The van der Waals surface area contributed by atoms with E-state index in [1.807, 2.05) is 12.4 Å². The average Bonchev–Trinajstić information content (AvgIpc) is 2.77. The second-order valence-corrected chi connectivity index (χ2v) is 8.28. The summed E-state index contributed by atoms with van der Waals surface area (Å²) in [4.78, 5) is 10.4. The average molecular weight is 441 g/mol. The molecule has 0 aromatic carbocycles. The van der Waals surface area contributed by atoms with Crippen LogP contribution >= 0.6 is 21.6 Å². The summed E-state index contributed by atoms with van der Waals surface area (Å²) in [5.74, 6) is 1.21. The third kappa shape index (κ3) is 7.87. The van der Waals surface area contributed by atoms with E-state index in [0.29, 0.717) is 36.0 Å². The molecule has 0 atom stereocenters. The van der Waals surface area contributed by atoms with Gasteiger partial charge in [0.05, 0.1) is 23.8 Å². The smallest absolute Gasteiger partial charge is 0.209 e. The lowest BCUT2D eigenvalue weighted by atomic mass is 10.4. The van der Waals surface area contributed by atoms with E-state index in [9.17, 15) is 10.5 Å². The van der Waals surface area contributed by atoms with Crippen molar-refractivity contribution in [2.75, 3.05) is 35.2 Å². The number of pyridine rings is 2. The Bertz CT molecular complexity index is 819. The Balaban J connectivity index is 1.65. The van der Waals surface area contributed by atoms with E-state index in [1.165, 1.54) is 31.4 Å². The zero-order valence-electron chi connectivity index (χ0n) is 15.9. The minimum atomic E-state index is -0.0123. The third-order valence-corrected chi connectivity index (χ3v) is 5.87. The van der Waals surface area contributed by atoms with Crippen LogP contribution in [0.4, 0.5) is 11.4 Å². The number of anilines is 2. The Hall–Kier alpha value is -3.48. The molecule has 30 heavy (non-hydrogen) atoms. The van der Waals surface area contributed by atoms with Gasteiger partial charge in [0.25, 0.3) is 0 Å². The third-order valence-electron chi connectivity index (χ3n) is 3.51. The molecule has 0 amide bonds. The summed E-state index contributed by atoms with van der Waals surface area (Å²) in [5, 5.41) is 40.1. The van der Waals surface area contributed by atoms with Gasteiger partial charge in [0.1, 0.15) is 0 Å². The Morgan fingerprint density at radius 3 is 1.63 bits per heavy atom. The highest BCUT2D eigenvalue weighted by molar-refractivity contribution is 8.76. The number of guanidine groups is 2. The fourth-order valence-electron chi connectivity index (χ4n) is 2.08. The maximum atomic E-state index is 9.25. The fourth-order valence-corrected chi connectivity index (χ4v) is 3.98. The normalized spacial score (nSPS) is 9.67. The molecule has 0 aliphatic heterocycles. The molecule has 0 spiro atoms. The Morgan fingerprint density at radius 2 is 1.30 bits per heavy atom. The topological polar surface area (TPSA) is 152 Å². The second-order valence-electron chi connectivity index (χ2n) is 5.58. The highest BCUT2D eigenvalue weighted by Crippen LogP contribution is 2.21. The molecule has 12 heteroatoms. The van der Waals surface area contributed by atoms with Crippen LogP contribution in [0, 0.1) is 33.7 Å². The van der Waals surface area contributed by atoms with Crippen molar-refractivity contribution in [3.63, 3.8) is 0 Å². The monoisotopic (exact) mass is 440 g/mol. The maximum absolute atomic E-state index is 9.25. The van der Waals surface area contributed by atoms with Crippen LogP contribution in [0.25, 0.3) is 0 Å². The molecular weight excluding hydrogens is 420 g/mol. The molecule has 0 aliphatic rings. The van der Waals surface area contributed by atoms with Crippen LogP contribution in [0.2, 0.25) is 0 Å². The number of nitrogens with zero attached hydrogens (tertiary/aromatic N) is 6. The van der Waals surface area contributed by atoms with Gasteiger partial charge in [-0.15, -0.1) is 0 Å². The fraction of sp³-hybridized carbons (Fsp3) is 0.222. The molecule has 2 aromatic heterocycles. The summed E-state index contributed by atoms with van der Waals surface area (Å²) in [6.07, 6.45) is 10.4. The molecule has 0 saturated heterocycles. The van der Waals surface area contributed by atoms with Crippen molar-refractivity contribution in [3.05, 3.63) is 49.1 Å². The molecule has 2 rings (SSSR count). The molecule has 0 fully saturated rings. The SMILES string of the molecule is N#CN(CCSSCCN(C#N)C(=N)Nc1cccnc1)C(=N)Nc1cccnc1. The summed E-state index contributed by atoms with van der Waals surface area (Å²) in [6.45, 7) is 0.751. The van der Waals surface area contributed by atoms with Gasteiger partial charge in [0.2, 0.25) is 11.9 Å². The molecule has 154 valence electrons. The van der Waals surface area contributed by atoms with Crippen molar-refractivity contribution < 1.29 is 0 Å². The van der Waals surface area contributed by atoms with Crippen molar-refractivity contribution >= 4 is 44.9 Å². The summed E-state index contributed by atoms with van der Waals surface area (Å²) < 4.78 is 0. The van der Waals surface area contributed by atoms with E-state index < -0.39 is 0 Å². The van der Waals surface area contributed by atoms with Gasteiger partial charge in [-0.25, -0.2) is 9.80 Å². The molecule has 0 radical (unpaired) electrons. The molecular formula is C18H20N10S2. The van der Waals surface area contributed by atoms with Crippen molar-refractivity contribution in [2.24, 2.45) is 0 Å². The lowest BCUT2D eigenvalue weighted by Crippen LogP contribution is -2.33. The van der Waals surface area contributed by atoms with E-state index >= 15 is 0 Å². The van der Waals surface area contributed by atoms with Crippen LogP contribution in [-0.4, -0.2) is 56.3 Å². The molecule has 2 heterocycles. The van der Waals surface area contributed by atoms with Gasteiger partial charge in [-0.05, 0) is 24.3 Å². The minimum absolute atomic E-state index is 0.0123. The summed E-state index contributed by atoms with van der Waals surface area (Å²) in [5.41, 5.74) is 1.28. The number of hydrogen-bond acceptors (Lipinski definition) is 8. The van der Waals surface area contributed by atoms with Crippen molar-refractivity contribution in [2.45, 2.75) is 0 Å². The summed E-state index contributed by atoms with van der Waals surface area (Å²) in [6, 6.07) is 7.03.